The smallest absolute Gasteiger partial charge is 0.336 e. The third-order valence-corrected chi connectivity index (χ3v) is 7.84. The quantitative estimate of drug-likeness (QED) is 0.273. The Balaban J connectivity index is 1.52. The second kappa shape index (κ2) is 12.6. The molecule has 1 heterocycles. The molecule has 2 aliphatic rings. The molecule has 41 heavy (non-hydrogen) atoms. The first-order valence-electron chi connectivity index (χ1n) is 13.9. The van der Waals surface area contributed by atoms with Gasteiger partial charge in [-0.1, -0.05) is 67.1 Å². The average molecular weight is 572 g/mol. The third-order valence-electron chi connectivity index (χ3n) is 7.58. The lowest BCUT2D eigenvalue weighted by atomic mass is 9.71. The zero-order valence-electron chi connectivity index (χ0n) is 23.5. The molecule has 3 aromatic rings. The zero-order valence-corrected chi connectivity index (χ0v) is 24.3. The van der Waals surface area contributed by atoms with Gasteiger partial charge in [-0.3, -0.25) is 4.79 Å². The summed E-state index contributed by atoms with van der Waals surface area (Å²) in [5.41, 5.74) is 5.42. The zero-order chi connectivity index (χ0) is 28.9. The van der Waals surface area contributed by atoms with E-state index in [-0.39, 0.29) is 11.7 Å². The van der Waals surface area contributed by atoms with E-state index in [2.05, 4.69) is 5.32 Å². The average Bonchev–Trinajstić information content (AvgIpc) is 2.98. The summed E-state index contributed by atoms with van der Waals surface area (Å²) in [6.45, 7) is 4.50. The molecule has 0 aromatic heterocycles. The molecule has 2 atom stereocenters. The topological polar surface area (TPSA) is 73.9 Å². The fraction of sp³-hybridized carbons (Fsp3) is 0.294. The first-order chi connectivity index (χ1) is 19.9. The van der Waals surface area contributed by atoms with E-state index < -0.39 is 11.9 Å². The molecule has 0 bridgehead atoms. The van der Waals surface area contributed by atoms with Gasteiger partial charge in [0.05, 0.1) is 19.3 Å². The molecule has 0 amide bonds. The molecule has 0 fully saturated rings. The van der Waals surface area contributed by atoms with E-state index in [1.54, 1.807) is 7.11 Å². The number of benzene rings is 3. The third kappa shape index (κ3) is 6.18. The van der Waals surface area contributed by atoms with Crippen LogP contribution in [0.5, 0.6) is 11.5 Å². The van der Waals surface area contributed by atoms with Gasteiger partial charge in [0.1, 0.15) is 6.61 Å². The summed E-state index contributed by atoms with van der Waals surface area (Å²) in [4.78, 5) is 27.3. The summed E-state index contributed by atoms with van der Waals surface area (Å²) in [7, 11) is 1.58. The van der Waals surface area contributed by atoms with E-state index in [0.29, 0.717) is 65.8 Å². The Labute approximate surface area is 246 Å². The minimum atomic E-state index is -0.591. The van der Waals surface area contributed by atoms with E-state index >= 15 is 0 Å². The number of hydrogen-bond donors (Lipinski definition) is 1. The van der Waals surface area contributed by atoms with Gasteiger partial charge < -0.3 is 19.5 Å². The second-order valence-electron chi connectivity index (χ2n) is 10.4. The number of Topliss-reactive ketones (excluding diaryl/α,β-unsaturated/α-hetero) is 1. The van der Waals surface area contributed by atoms with Crippen LogP contribution in [-0.4, -0.2) is 25.5 Å². The van der Waals surface area contributed by atoms with Crippen molar-refractivity contribution in [3.05, 3.63) is 117 Å². The molecule has 5 rings (SSSR count). The lowest BCUT2D eigenvalue weighted by molar-refractivity contribution is -0.139. The van der Waals surface area contributed by atoms with Gasteiger partial charge in [0.25, 0.3) is 0 Å². The van der Waals surface area contributed by atoms with Crippen LogP contribution in [0.25, 0.3) is 0 Å². The molecule has 3 aromatic carbocycles. The molecule has 0 radical (unpaired) electrons. The van der Waals surface area contributed by atoms with Crippen molar-refractivity contribution in [1.29, 1.82) is 0 Å². The minimum absolute atomic E-state index is 0.000336. The number of ether oxygens (including phenoxy) is 3. The van der Waals surface area contributed by atoms with Crippen LogP contribution in [0.3, 0.4) is 0 Å². The van der Waals surface area contributed by atoms with Crippen LogP contribution in [0.2, 0.25) is 5.02 Å². The van der Waals surface area contributed by atoms with Gasteiger partial charge in [0.2, 0.25) is 0 Å². The van der Waals surface area contributed by atoms with E-state index in [0.717, 1.165) is 22.4 Å². The number of rotatable bonds is 9. The molecule has 0 spiro atoms. The van der Waals surface area contributed by atoms with Crippen LogP contribution in [0.4, 0.5) is 0 Å². The van der Waals surface area contributed by atoms with Gasteiger partial charge in [0.15, 0.2) is 17.3 Å². The van der Waals surface area contributed by atoms with Gasteiger partial charge in [-0.15, -0.1) is 0 Å². The maximum Gasteiger partial charge on any atom is 0.336 e. The lowest BCUT2D eigenvalue weighted by Gasteiger charge is -2.37. The highest BCUT2D eigenvalue weighted by molar-refractivity contribution is 6.30. The van der Waals surface area contributed by atoms with Crippen LogP contribution in [-0.2, 0) is 20.9 Å². The largest absolute Gasteiger partial charge is 0.493 e. The number of hydrogen-bond acceptors (Lipinski definition) is 6. The summed E-state index contributed by atoms with van der Waals surface area (Å²) in [6.07, 6.45) is 1.68. The summed E-state index contributed by atoms with van der Waals surface area (Å²) in [5, 5.41) is 4.06. The summed E-state index contributed by atoms with van der Waals surface area (Å²) < 4.78 is 17.4. The first kappa shape index (κ1) is 28.5. The molecule has 6 nitrogen and oxygen atoms in total. The van der Waals surface area contributed by atoms with E-state index in [9.17, 15) is 9.59 Å². The Morgan fingerprint density at radius 2 is 1.71 bits per heavy atom. The normalized spacial score (nSPS) is 18.5. The van der Waals surface area contributed by atoms with Crippen molar-refractivity contribution in [2.45, 2.75) is 51.6 Å². The highest BCUT2D eigenvalue weighted by atomic mass is 35.5. The molecule has 1 aliphatic heterocycles. The van der Waals surface area contributed by atoms with Crippen molar-refractivity contribution in [2.24, 2.45) is 0 Å². The Hall–Kier alpha value is -4.03. The Kier molecular flexibility index (Phi) is 8.79. The van der Waals surface area contributed by atoms with E-state index in [1.807, 2.05) is 86.6 Å². The van der Waals surface area contributed by atoms with Crippen LogP contribution in [0.1, 0.15) is 61.6 Å². The maximum absolute atomic E-state index is 13.9. The maximum atomic E-state index is 13.9. The minimum Gasteiger partial charge on any atom is -0.493 e. The number of dihydropyridines is 1. The van der Waals surface area contributed by atoms with Gasteiger partial charge in [-0.25, -0.2) is 4.79 Å². The molecule has 0 saturated carbocycles. The van der Waals surface area contributed by atoms with E-state index in [1.165, 1.54) is 0 Å². The van der Waals surface area contributed by atoms with E-state index in [4.69, 9.17) is 25.8 Å². The van der Waals surface area contributed by atoms with Crippen molar-refractivity contribution in [3.63, 3.8) is 0 Å². The monoisotopic (exact) mass is 571 g/mol. The number of nitrogens with one attached hydrogen (secondary N) is 1. The predicted molar refractivity (Wildman–Crippen MR) is 159 cm³/mol. The molecule has 7 heteroatoms. The summed E-state index contributed by atoms with van der Waals surface area (Å²) >= 11 is 6.11. The first-order valence-corrected chi connectivity index (χ1v) is 14.3. The molecule has 0 unspecified atom stereocenters. The van der Waals surface area contributed by atoms with Crippen molar-refractivity contribution in [3.8, 4) is 11.5 Å². The van der Waals surface area contributed by atoms with Crippen LogP contribution in [0.15, 0.2) is 95.3 Å². The lowest BCUT2D eigenvalue weighted by Crippen LogP contribution is -2.36. The van der Waals surface area contributed by atoms with Crippen molar-refractivity contribution in [1.82, 2.24) is 5.32 Å². The standard InChI is InChI=1S/C34H34ClNO5/c1-4-16-40-34(38)31-21(2)36-27-17-25(23-10-13-26(35)14-11-23)18-28(37)33(27)32(31)24-12-15-29(30(19-24)39-3)41-20-22-8-6-5-7-9-22/h5-15,19,25,32,36H,4,16-18,20H2,1-3H3/t25-,32-/m1/s1. The molecule has 1 N–H and O–H groups in total. The Morgan fingerprint density at radius 3 is 2.41 bits per heavy atom. The highest BCUT2D eigenvalue weighted by Crippen LogP contribution is 2.47. The van der Waals surface area contributed by atoms with Crippen LogP contribution in [0, 0.1) is 0 Å². The number of esters is 1. The number of allylic oxidation sites excluding steroid dienone is 3. The highest BCUT2D eigenvalue weighted by Gasteiger charge is 2.41. The van der Waals surface area contributed by atoms with Crippen molar-refractivity contribution >= 4 is 23.4 Å². The van der Waals surface area contributed by atoms with Crippen molar-refractivity contribution in [2.75, 3.05) is 13.7 Å². The number of carbonyl (C=O) groups excluding carboxylic acids is 2. The molecular formula is C34H34ClNO5. The molecule has 212 valence electrons. The second-order valence-corrected chi connectivity index (χ2v) is 10.8. The van der Waals surface area contributed by atoms with Crippen LogP contribution >= 0.6 is 11.6 Å². The molecular weight excluding hydrogens is 538 g/mol. The number of ketones is 1. The van der Waals surface area contributed by atoms with Gasteiger partial charge in [-0.2, -0.15) is 0 Å². The predicted octanol–water partition coefficient (Wildman–Crippen LogP) is 7.24. The Bertz CT molecular complexity index is 1490. The van der Waals surface area contributed by atoms with Gasteiger partial charge in [0, 0.05) is 34.3 Å². The van der Waals surface area contributed by atoms with Gasteiger partial charge in [-0.05, 0) is 66.6 Å². The molecule has 0 saturated heterocycles. The summed E-state index contributed by atoms with van der Waals surface area (Å²) in [5.74, 6) is 0.102. The summed E-state index contributed by atoms with van der Waals surface area (Å²) in [6, 6.07) is 23.1. The number of halogens is 1. The van der Waals surface area contributed by atoms with Crippen LogP contribution < -0.4 is 14.8 Å². The SMILES string of the molecule is CCCOC(=O)C1=C(C)NC2=C(C(=O)C[C@H](c3ccc(Cl)cc3)C2)[C@@H]1c1ccc(OCc2ccccc2)c(OC)c1. The number of carbonyl (C=O) groups is 2. The fourth-order valence-electron chi connectivity index (χ4n) is 5.60. The fourth-order valence-corrected chi connectivity index (χ4v) is 5.73. The van der Waals surface area contributed by atoms with Crippen molar-refractivity contribution < 1.29 is 23.8 Å². The van der Waals surface area contributed by atoms with Gasteiger partial charge >= 0.3 is 5.97 Å². The Morgan fingerprint density at radius 1 is 0.976 bits per heavy atom. The number of methoxy groups -OCH3 is 1. The molecule has 1 aliphatic carbocycles.